The first-order valence-corrected chi connectivity index (χ1v) is 6.41. The van der Waals surface area contributed by atoms with E-state index in [-0.39, 0.29) is 17.2 Å². The second-order valence-corrected chi connectivity index (χ2v) is 5.42. The molecule has 0 unspecified atom stereocenters. The van der Waals surface area contributed by atoms with Gasteiger partial charge in [0.15, 0.2) is 0 Å². The smallest absolute Gasteiger partial charge is 0.462 e. The van der Waals surface area contributed by atoms with Gasteiger partial charge in [-0.25, -0.2) is 4.79 Å². The van der Waals surface area contributed by atoms with Crippen molar-refractivity contribution in [3.8, 4) is 0 Å². The van der Waals surface area contributed by atoms with Crippen molar-refractivity contribution in [2.45, 2.75) is 59.1 Å². The van der Waals surface area contributed by atoms with Crippen LogP contribution in [-0.2, 0) is 18.8 Å². The minimum absolute atomic E-state index is 0.297. The van der Waals surface area contributed by atoms with Crippen LogP contribution in [0.2, 0.25) is 6.32 Å². The number of carbonyl (C=O) groups excluding carboxylic acids is 1. The third-order valence-corrected chi connectivity index (χ3v) is 3.57. The summed E-state index contributed by atoms with van der Waals surface area (Å²) in [5.41, 5.74) is -0.147. The van der Waals surface area contributed by atoms with Gasteiger partial charge < -0.3 is 14.0 Å². The minimum Gasteiger partial charge on any atom is -0.463 e. The number of ether oxygens (including phenoxy) is 1. The van der Waals surface area contributed by atoms with Gasteiger partial charge in [0, 0.05) is 11.9 Å². The first-order valence-electron chi connectivity index (χ1n) is 6.41. The summed E-state index contributed by atoms with van der Waals surface area (Å²) in [6, 6.07) is 0. The molecule has 0 atom stereocenters. The number of rotatable bonds is 4. The lowest BCUT2D eigenvalue weighted by Gasteiger charge is -2.32. The van der Waals surface area contributed by atoms with Gasteiger partial charge in [0.2, 0.25) is 0 Å². The Labute approximate surface area is 110 Å². The monoisotopic (exact) mass is 254 g/mol. The van der Waals surface area contributed by atoms with E-state index >= 15 is 0 Å². The summed E-state index contributed by atoms with van der Waals surface area (Å²) in [6.45, 7) is 12.0. The topological polar surface area (TPSA) is 44.8 Å². The molecule has 5 heteroatoms. The predicted molar refractivity (Wildman–Crippen MR) is 71.3 cm³/mol. The van der Waals surface area contributed by atoms with Crippen LogP contribution in [0.3, 0.4) is 0 Å². The summed E-state index contributed by atoms with van der Waals surface area (Å²) in [6.07, 6.45) is 2.17. The van der Waals surface area contributed by atoms with E-state index in [1.165, 1.54) is 0 Å². The number of hydrogen-bond donors (Lipinski definition) is 0. The van der Waals surface area contributed by atoms with Crippen molar-refractivity contribution in [1.82, 2.24) is 0 Å². The summed E-state index contributed by atoms with van der Waals surface area (Å²) >= 11 is 0. The van der Waals surface area contributed by atoms with E-state index in [4.69, 9.17) is 14.0 Å². The fraction of sp³-hybridized carbons (Fsp3) is 0.769. The van der Waals surface area contributed by atoms with Gasteiger partial charge in [-0.1, -0.05) is 6.08 Å². The van der Waals surface area contributed by atoms with E-state index in [1.807, 2.05) is 34.6 Å². The molecule has 1 aliphatic rings. The zero-order valence-corrected chi connectivity index (χ0v) is 12.2. The molecular weight excluding hydrogens is 231 g/mol. The van der Waals surface area contributed by atoms with E-state index in [0.29, 0.717) is 18.5 Å². The van der Waals surface area contributed by atoms with E-state index in [1.54, 1.807) is 13.0 Å². The van der Waals surface area contributed by atoms with E-state index in [0.717, 1.165) is 0 Å². The quantitative estimate of drug-likeness (QED) is 0.439. The molecule has 1 saturated heterocycles. The van der Waals surface area contributed by atoms with Crippen LogP contribution < -0.4 is 0 Å². The van der Waals surface area contributed by atoms with Gasteiger partial charge in [0.05, 0.1) is 17.8 Å². The molecule has 1 fully saturated rings. The highest BCUT2D eigenvalue weighted by molar-refractivity contribution is 6.47. The predicted octanol–water partition coefficient (Wildman–Crippen LogP) is 2.59. The molecule has 0 radical (unpaired) electrons. The standard InChI is InChI=1S/C13H23BO4/c1-7-10(11(15)16-8-2)9-14-17-12(3,4)13(5,6)18-14/h7H,8-9H2,1-6H3/b10-7+. The highest BCUT2D eigenvalue weighted by atomic mass is 16.7. The summed E-state index contributed by atoms with van der Waals surface area (Å²) in [5, 5.41) is 0. The van der Waals surface area contributed by atoms with Gasteiger partial charge in [-0.05, 0) is 41.5 Å². The first-order chi connectivity index (χ1) is 8.23. The van der Waals surface area contributed by atoms with Gasteiger partial charge in [-0.15, -0.1) is 0 Å². The minimum atomic E-state index is -0.398. The van der Waals surface area contributed by atoms with E-state index in [2.05, 4.69) is 0 Å². The summed E-state index contributed by atoms with van der Waals surface area (Å²) < 4.78 is 16.7. The van der Waals surface area contributed by atoms with Crippen LogP contribution >= 0.6 is 0 Å². The average Bonchev–Trinajstić information content (AvgIpc) is 2.44. The number of allylic oxidation sites excluding steroid dienone is 1. The number of carbonyl (C=O) groups is 1. The Morgan fingerprint density at radius 3 is 2.11 bits per heavy atom. The molecule has 0 amide bonds. The third-order valence-electron chi connectivity index (χ3n) is 3.57. The average molecular weight is 254 g/mol. The molecule has 0 aromatic carbocycles. The lowest BCUT2D eigenvalue weighted by molar-refractivity contribution is -0.138. The van der Waals surface area contributed by atoms with Crippen LogP contribution in [0.25, 0.3) is 0 Å². The number of esters is 1. The molecule has 0 aromatic rings. The highest BCUT2D eigenvalue weighted by Gasteiger charge is 2.51. The second-order valence-electron chi connectivity index (χ2n) is 5.42. The second kappa shape index (κ2) is 5.45. The molecule has 0 saturated carbocycles. The van der Waals surface area contributed by atoms with Gasteiger partial charge in [-0.2, -0.15) is 0 Å². The molecular formula is C13H23BO4. The first kappa shape index (κ1) is 15.3. The molecule has 0 spiro atoms. The van der Waals surface area contributed by atoms with Gasteiger partial charge in [-0.3, -0.25) is 0 Å². The summed E-state index contributed by atoms with van der Waals surface area (Å²) in [4.78, 5) is 11.7. The maximum atomic E-state index is 11.7. The molecule has 1 heterocycles. The fourth-order valence-corrected chi connectivity index (χ4v) is 1.77. The maximum Gasteiger partial charge on any atom is 0.462 e. The van der Waals surface area contributed by atoms with Gasteiger partial charge in [0.1, 0.15) is 0 Å². The molecule has 0 aromatic heterocycles. The summed E-state index contributed by atoms with van der Waals surface area (Å²) in [5.74, 6) is -0.297. The van der Waals surface area contributed by atoms with Crippen molar-refractivity contribution in [3.05, 3.63) is 11.6 Å². The third kappa shape index (κ3) is 3.15. The van der Waals surface area contributed by atoms with Crippen molar-refractivity contribution in [2.75, 3.05) is 6.61 Å². The Morgan fingerprint density at radius 1 is 1.22 bits per heavy atom. The van der Waals surface area contributed by atoms with E-state index in [9.17, 15) is 4.79 Å². The SMILES string of the molecule is C/C=C(\CB1OC(C)(C)C(C)(C)O1)C(=O)OCC. The maximum absolute atomic E-state index is 11.7. The van der Waals surface area contributed by atoms with Crippen molar-refractivity contribution < 1.29 is 18.8 Å². The molecule has 0 aliphatic carbocycles. The van der Waals surface area contributed by atoms with Crippen LogP contribution in [-0.4, -0.2) is 30.9 Å². The Balaban J connectivity index is 2.67. The molecule has 0 bridgehead atoms. The van der Waals surface area contributed by atoms with Crippen LogP contribution in [0.5, 0.6) is 0 Å². The summed E-state index contributed by atoms with van der Waals surface area (Å²) in [7, 11) is -0.398. The van der Waals surface area contributed by atoms with Gasteiger partial charge in [0.25, 0.3) is 0 Å². The van der Waals surface area contributed by atoms with E-state index < -0.39 is 7.12 Å². The largest absolute Gasteiger partial charge is 0.463 e. The Morgan fingerprint density at radius 2 is 1.72 bits per heavy atom. The van der Waals surface area contributed by atoms with Gasteiger partial charge >= 0.3 is 13.1 Å². The Bertz CT molecular complexity index is 331. The zero-order valence-electron chi connectivity index (χ0n) is 12.2. The van der Waals surface area contributed by atoms with Crippen LogP contribution in [0.15, 0.2) is 11.6 Å². The zero-order chi connectivity index (χ0) is 14.0. The highest BCUT2D eigenvalue weighted by Crippen LogP contribution is 2.38. The molecule has 4 nitrogen and oxygen atoms in total. The van der Waals surface area contributed by atoms with Crippen LogP contribution in [0.1, 0.15) is 41.5 Å². The normalized spacial score (nSPS) is 22.1. The van der Waals surface area contributed by atoms with Crippen molar-refractivity contribution in [3.63, 3.8) is 0 Å². The lowest BCUT2D eigenvalue weighted by Crippen LogP contribution is -2.41. The molecule has 1 aliphatic heterocycles. The number of hydrogen-bond acceptors (Lipinski definition) is 4. The Hall–Kier alpha value is -0.805. The van der Waals surface area contributed by atoms with Crippen molar-refractivity contribution in [2.24, 2.45) is 0 Å². The lowest BCUT2D eigenvalue weighted by atomic mass is 9.80. The molecule has 1 rings (SSSR count). The van der Waals surface area contributed by atoms with Crippen LogP contribution in [0.4, 0.5) is 0 Å². The fourth-order valence-electron chi connectivity index (χ4n) is 1.77. The van der Waals surface area contributed by atoms with Crippen molar-refractivity contribution >= 4 is 13.1 Å². The van der Waals surface area contributed by atoms with Crippen LogP contribution in [0, 0.1) is 0 Å². The Kier molecular flexibility index (Phi) is 4.62. The molecule has 102 valence electrons. The van der Waals surface area contributed by atoms with Crippen molar-refractivity contribution in [1.29, 1.82) is 0 Å². The molecule has 0 N–H and O–H groups in total. The molecule has 18 heavy (non-hydrogen) atoms.